The Kier molecular flexibility index (Phi) is 5.61. The summed E-state index contributed by atoms with van der Waals surface area (Å²) in [5.41, 5.74) is 3.35. The van der Waals surface area contributed by atoms with Crippen LogP contribution in [-0.4, -0.2) is 24.5 Å². The van der Waals surface area contributed by atoms with Crippen molar-refractivity contribution in [1.29, 1.82) is 0 Å². The topological polar surface area (TPSA) is 54.1 Å². The van der Waals surface area contributed by atoms with E-state index >= 15 is 0 Å². The van der Waals surface area contributed by atoms with Gasteiger partial charge in [-0.15, -0.1) is 0 Å². The minimum Gasteiger partial charge on any atom is -0.497 e. The first-order chi connectivity index (χ1) is 12.2. The van der Waals surface area contributed by atoms with Gasteiger partial charge in [-0.2, -0.15) is 0 Å². The maximum Gasteiger partial charge on any atom is 0.220 e. The van der Waals surface area contributed by atoms with E-state index in [1.165, 1.54) is 0 Å². The van der Waals surface area contributed by atoms with Gasteiger partial charge in [0.15, 0.2) is 0 Å². The number of rotatable bonds is 7. The van der Waals surface area contributed by atoms with Crippen LogP contribution in [0.1, 0.15) is 17.5 Å². The number of aromatic nitrogens is 1. The predicted molar refractivity (Wildman–Crippen MR) is 101 cm³/mol. The zero-order chi connectivity index (χ0) is 17.6. The number of aryl methyl sites for hydroxylation is 1. The Morgan fingerprint density at radius 1 is 1.16 bits per heavy atom. The van der Waals surface area contributed by atoms with E-state index < -0.39 is 0 Å². The first kappa shape index (κ1) is 17.4. The lowest BCUT2D eigenvalue weighted by Crippen LogP contribution is -2.25. The molecule has 0 spiro atoms. The van der Waals surface area contributed by atoms with E-state index in [0.717, 1.165) is 45.6 Å². The van der Waals surface area contributed by atoms with Gasteiger partial charge in [0.1, 0.15) is 5.75 Å². The van der Waals surface area contributed by atoms with Crippen LogP contribution in [0.4, 0.5) is 0 Å². The number of fused-ring (bicyclic) bond motifs is 1. The summed E-state index contributed by atoms with van der Waals surface area (Å²) in [5, 5.41) is 4.81. The second-order valence-corrected chi connectivity index (χ2v) is 6.39. The lowest BCUT2D eigenvalue weighted by molar-refractivity contribution is -0.121. The SMILES string of the molecule is COc1ccc(CCC(=O)NCCc2c[nH]c3ccc(Cl)cc23)cc1. The first-order valence-electron chi connectivity index (χ1n) is 8.31. The molecule has 25 heavy (non-hydrogen) atoms. The first-order valence-corrected chi connectivity index (χ1v) is 8.68. The van der Waals surface area contributed by atoms with Gasteiger partial charge in [-0.3, -0.25) is 4.79 Å². The lowest BCUT2D eigenvalue weighted by Gasteiger charge is -2.06. The number of hydrogen-bond donors (Lipinski definition) is 2. The van der Waals surface area contributed by atoms with Crippen molar-refractivity contribution in [2.24, 2.45) is 0 Å². The number of hydrogen-bond acceptors (Lipinski definition) is 2. The molecule has 5 heteroatoms. The van der Waals surface area contributed by atoms with Crippen LogP contribution in [0.3, 0.4) is 0 Å². The van der Waals surface area contributed by atoms with E-state index in [-0.39, 0.29) is 5.91 Å². The van der Waals surface area contributed by atoms with Crippen LogP contribution in [-0.2, 0) is 17.6 Å². The Morgan fingerprint density at radius 2 is 1.96 bits per heavy atom. The van der Waals surface area contributed by atoms with E-state index in [0.29, 0.717) is 13.0 Å². The van der Waals surface area contributed by atoms with Crippen LogP contribution in [0.2, 0.25) is 5.02 Å². The number of ether oxygens (including phenoxy) is 1. The highest BCUT2D eigenvalue weighted by Crippen LogP contribution is 2.22. The van der Waals surface area contributed by atoms with Crippen molar-refractivity contribution in [3.05, 3.63) is 64.8 Å². The summed E-state index contributed by atoms with van der Waals surface area (Å²) in [6.45, 7) is 0.612. The van der Waals surface area contributed by atoms with E-state index in [4.69, 9.17) is 16.3 Å². The number of amides is 1. The fourth-order valence-corrected chi connectivity index (χ4v) is 3.00. The van der Waals surface area contributed by atoms with Crippen LogP contribution in [0.15, 0.2) is 48.7 Å². The summed E-state index contributed by atoms with van der Waals surface area (Å²) < 4.78 is 5.13. The molecule has 2 aromatic carbocycles. The molecule has 3 aromatic rings. The molecular formula is C20H21ClN2O2. The number of halogens is 1. The number of carbonyl (C=O) groups excluding carboxylic acids is 1. The zero-order valence-electron chi connectivity index (χ0n) is 14.1. The van der Waals surface area contributed by atoms with Crippen molar-refractivity contribution in [2.45, 2.75) is 19.3 Å². The predicted octanol–water partition coefficient (Wildman–Crippen LogP) is 4.12. The van der Waals surface area contributed by atoms with Crippen molar-refractivity contribution >= 4 is 28.4 Å². The van der Waals surface area contributed by atoms with E-state index in [1.807, 2.05) is 48.7 Å². The Hall–Kier alpha value is -2.46. The second-order valence-electron chi connectivity index (χ2n) is 5.95. The number of aromatic amines is 1. The summed E-state index contributed by atoms with van der Waals surface area (Å²) in [6, 6.07) is 13.6. The van der Waals surface area contributed by atoms with Gasteiger partial charge in [0.05, 0.1) is 7.11 Å². The average Bonchev–Trinajstić information content (AvgIpc) is 3.02. The fourth-order valence-electron chi connectivity index (χ4n) is 2.83. The van der Waals surface area contributed by atoms with Gasteiger partial charge in [0, 0.05) is 35.1 Å². The monoisotopic (exact) mass is 356 g/mol. The Bertz CT molecular complexity index is 856. The highest BCUT2D eigenvalue weighted by molar-refractivity contribution is 6.31. The molecule has 130 valence electrons. The quantitative estimate of drug-likeness (QED) is 0.669. The van der Waals surface area contributed by atoms with Crippen LogP contribution < -0.4 is 10.1 Å². The number of methoxy groups -OCH3 is 1. The molecule has 0 aliphatic carbocycles. The Balaban J connectivity index is 1.46. The molecule has 0 aliphatic rings. The molecule has 0 bridgehead atoms. The summed E-state index contributed by atoms with van der Waals surface area (Å²) in [5.74, 6) is 0.890. The van der Waals surface area contributed by atoms with Gasteiger partial charge in [0.25, 0.3) is 0 Å². The molecule has 1 heterocycles. The summed E-state index contributed by atoms with van der Waals surface area (Å²) in [4.78, 5) is 15.2. The van der Waals surface area contributed by atoms with Crippen LogP contribution >= 0.6 is 11.6 Å². The van der Waals surface area contributed by atoms with Crippen molar-refractivity contribution in [3.8, 4) is 5.75 Å². The third kappa shape index (κ3) is 4.54. The van der Waals surface area contributed by atoms with Gasteiger partial charge >= 0.3 is 0 Å². The molecule has 1 amide bonds. The Morgan fingerprint density at radius 3 is 2.72 bits per heavy atom. The minimum absolute atomic E-state index is 0.0636. The van der Waals surface area contributed by atoms with Gasteiger partial charge < -0.3 is 15.0 Å². The maximum atomic E-state index is 12.0. The molecule has 4 nitrogen and oxygen atoms in total. The number of carbonyl (C=O) groups is 1. The van der Waals surface area contributed by atoms with E-state index in [9.17, 15) is 4.79 Å². The molecular weight excluding hydrogens is 336 g/mol. The molecule has 0 saturated carbocycles. The van der Waals surface area contributed by atoms with E-state index in [2.05, 4.69) is 10.3 Å². The molecule has 0 aliphatic heterocycles. The largest absolute Gasteiger partial charge is 0.497 e. The standard InChI is InChI=1S/C20H21ClN2O2/c1-25-17-6-2-14(3-7-17)4-9-20(24)22-11-10-15-13-23-19-8-5-16(21)12-18(15)19/h2-3,5-8,12-13,23H,4,9-11H2,1H3,(H,22,24). The summed E-state index contributed by atoms with van der Waals surface area (Å²) >= 11 is 6.06. The van der Waals surface area contributed by atoms with Crippen molar-refractivity contribution < 1.29 is 9.53 Å². The molecule has 0 saturated heterocycles. The van der Waals surface area contributed by atoms with Gasteiger partial charge in [-0.05, 0) is 54.3 Å². The smallest absolute Gasteiger partial charge is 0.220 e. The molecule has 0 atom stereocenters. The van der Waals surface area contributed by atoms with E-state index in [1.54, 1.807) is 7.11 Å². The highest BCUT2D eigenvalue weighted by atomic mass is 35.5. The third-order valence-corrected chi connectivity index (χ3v) is 4.48. The summed E-state index contributed by atoms with van der Waals surface area (Å²) in [7, 11) is 1.64. The second kappa shape index (κ2) is 8.08. The van der Waals surface area contributed by atoms with Crippen molar-refractivity contribution in [3.63, 3.8) is 0 Å². The number of benzene rings is 2. The normalized spacial score (nSPS) is 10.8. The van der Waals surface area contributed by atoms with Crippen molar-refractivity contribution in [2.75, 3.05) is 13.7 Å². The van der Waals surface area contributed by atoms with Gasteiger partial charge in [0.2, 0.25) is 5.91 Å². The lowest BCUT2D eigenvalue weighted by atomic mass is 10.1. The molecule has 0 unspecified atom stereocenters. The van der Waals surface area contributed by atoms with Crippen LogP contribution in [0.25, 0.3) is 10.9 Å². The third-order valence-electron chi connectivity index (χ3n) is 4.25. The molecule has 0 fully saturated rings. The number of H-pyrrole nitrogens is 1. The maximum absolute atomic E-state index is 12.0. The Labute approximate surface area is 152 Å². The minimum atomic E-state index is 0.0636. The zero-order valence-corrected chi connectivity index (χ0v) is 14.9. The summed E-state index contributed by atoms with van der Waals surface area (Å²) in [6.07, 6.45) is 3.95. The van der Waals surface area contributed by atoms with Crippen molar-refractivity contribution in [1.82, 2.24) is 10.3 Å². The number of nitrogens with one attached hydrogen (secondary N) is 2. The average molecular weight is 357 g/mol. The van der Waals surface area contributed by atoms with Crippen LogP contribution in [0.5, 0.6) is 5.75 Å². The van der Waals surface area contributed by atoms with Gasteiger partial charge in [-0.1, -0.05) is 23.7 Å². The molecule has 1 aromatic heterocycles. The van der Waals surface area contributed by atoms with Gasteiger partial charge in [-0.25, -0.2) is 0 Å². The molecule has 0 radical (unpaired) electrons. The highest BCUT2D eigenvalue weighted by Gasteiger charge is 2.06. The van der Waals surface area contributed by atoms with Crippen LogP contribution in [0, 0.1) is 0 Å². The molecule has 3 rings (SSSR count). The molecule has 2 N–H and O–H groups in total. The fraction of sp³-hybridized carbons (Fsp3) is 0.250.